The minimum absolute atomic E-state index is 0.115. The van der Waals surface area contributed by atoms with E-state index >= 15 is 0 Å². The number of alkyl halides is 1. The fourth-order valence-corrected chi connectivity index (χ4v) is 1.77. The molecular weight excluding hydrogens is 158 g/mol. The molecule has 0 aromatic rings. The number of rotatable bonds is 4. The number of nitriles is 1. The smallest absolute Gasteiger partial charge is 0.0659 e. The van der Waals surface area contributed by atoms with E-state index in [-0.39, 0.29) is 11.3 Å². The molecule has 0 saturated heterocycles. The predicted octanol–water partition coefficient (Wildman–Crippen LogP) is 3.19. The van der Waals surface area contributed by atoms with Crippen molar-refractivity contribution in [3.05, 3.63) is 0 Å². The third-order valence-electron chi connectivity index (χ3n) is 2.18. The van der Waals surface area contributed by atoms with Gasteiger partial charge in [0.15, 0.2) is 0 Å². The summed E-state index contributed by atoms with van der Waals surface area (Å²) in [7, 11) is 0. The first-order valence-corrected chi connectivity index (χ1v) is 4.64. The summed E-state index contributed by atoms with van der Waals surface area (Å²) in [6.07, 6.45) is 1.91. The van der Waals surface area contributed by atoms with Crippen molar-refractivity contribution in [1.82, 2.24) is 0 Å². The Labute approximate surface area is 74.4 Å². The average Bonchev–Trinajstić information content (AvgIpc) is 1.99. The summed E-state index contributed by atoms with van der Waals surface area (Å²) in [6.45, 7) is 6.09. The van der Waals surface area contributed by atoms with Crippen LogP contribution in [-0.4, -0.2) is 5.38 Å². The van der Waals surface area contributed by atoms with Gasteiger partial charge in [-0.05, 0) is 19.3 Å². The summed E-state index contributed by atoms with van der Waals surface area (Å²) in [5.74, 6) is 0.485. The van der Waals surface area contributed by atoms with Gasteiger partial charge in [0.05, 0.1) is 12.0 Å². The Kier molecular flexibility index (Phi) is 5.32. The van der Waals surface area contributed by atoms with Crippen molar-refractivity contribution in [2.75, 3.05) is 0 Å². The lowest BCUT2D eigenvalue weighted by Gasteiger charge is -2.21. The molecule has 64 valence electrons. The summed E-state index contributed by atoms with van der Waals surface area (Å²) in [4.78, 5) is 0. The highest BCUT2D eigenvalue weighted by Gasteiger charge is 2.21. The van der Waals surface area contributed by atoms with E-state index in [1.165, 1.54) is 0 Å². The number of hydrogen-bond donors (Lipinski definition) is 0. The van der Waals surface area contributed by atoms with Crippen LogP contribution in [0.25, 0.3) is 0 Å². The van der Waals surface area contributed by atoms with E-state index in [2.05, 4.69) is 13.0 Å². The van der Waals surface area contributed by atoms with E-state index in [1.54, 1.807) is 0 Å². The van der Waals surface area contributed by atoms with Crippen molar-refractivity contribution < 1.29 is 0 Å². The highest BCUT2D eigenvalue weighted by Crippen LogP contribution is 2.25. The Bertz CT molecular complexity index is 137. The topological polar surface area (TPSA) is 23.8 Å². The van der Waals surface area contributed by atoms with Crippen LogP contribution in [0.3, 0.4) is 0 Å². The molecule has 0 aliphatic rings. The van der Waals surface area contributed by atoms with Crippen LogP contribution in [0.2, 0.25) is 0 Å². The maximum Gasteiger partial charge on any atom is 0.0659 e. The monoisotopic (exact) mass is 173 g/mol. The first-order chi connectivity index (χ1) is 5.17. The molecule has 0 rings (SSSR count). The van der Waals surface area contributed by atoms with Gasteiger partial charge in [0.1, 0.15) is 0 Å². The Morgan fingerprint density at radius 3 is 2.00 bits per heavy atom. The van der Waals surface area contributed by atoms with Gasteiger partial charge in [-0.2, -0.15) is 5.26 Å². The van der Waals surface area contributed by atoms with E-state index in [0.717, 1.165) is 12.8 Å². The highest BCUT2D eigenvalue weighted by molar-refractivity contribution is 6.20. The van der Waals surface area contributed by atoms with E-state index in [9.17, 15) is 0 Å². The van der Waals surface area contributed by atoms with Crippen LogP contribution in [0.15, 0.2) is 0 Å². The lowest BCUT2D eigenvalue weighted by Crippen LogP contribution is -2.19. The Morgan fingerprint density at radius 1 is 1.36 bits per heavy atom. The van der Waals surface area contributed by atoms with Crippen LogP contribution in [0.5, 0.6) is 0 Å². The maximum absolute atomic E-state index is 8.77. The third kappa shape index (κ3) is 3.12. The number of hydrogen-bond acceptors (Lipinski definition) is 1. The van der Waals surface area contributed by atoms with E-state index in [1.807, 2.05) is 13.8 Å². The molecule has 0 aliphatic carbocycles. The summed E-state index contributed by atoms with van der Waals surface area (Å²) in [6, 6.07) is 2.30. The van der Waals surface area contributed by atoms with Gasteiger partial charge in [0.2, 0.25) is 0 Å². The highest BCUT2D eigenvalue weighted by atomic mass is 35.5. The quantitative estimate of drug-likeness (QED) is 0.599. The molecule has 11 heavy (non-hydrogen) atoms. The van der Waals surface area contributed by atoms with Crippen LogP contribution in [-0.2, 0) is 0 Å². The predicted molar refractivity (Wildman–Crippen MR) is 48.5 cm³/mol. The van der Waals surface area contributed by atoms with Gasteiger partial charge in [-0.15, -0.1) is 11.6 Å². The van der Waals surface area contributed by atoms with Crippen molar-refractivity contribution >= 4 is 11.6 Å². The lowest BCUT2D eigenvalue weighted by molar-refractivity contribution is 0.375. The molecule has 0 aromatic heterocycles. The van der Waals surface area contributed by atoms with E-state index in [0.29, 0.717) is 5.92 Å². The van der Waals surface area contributed by atoms with Crippen molar-refractivity contribution in [2.24, 2.45) is 11.8 Å². The first-order valence-electron chi connectivity index (χ1n) is 4.21. The van der Waals surface area contributed by atoms with Crippen molar-refractivity contribution in [2.45, 2.75) is 39.0 Å². The Hall–Kier alpha value is -0.220. The molecule has 3 atom stereocenters. The second-order valence-corrected chi connectivity index (χ2v) is 3.58. The normalized spacial score (nSPS) is 18.5. The standard InChI is InChI=1S/C9H16ClN/c1-4-8(6-11)9(5-2)7(3)10/h7-9H,4-5H2,1-3H3. The summed E-state index contributed by atoms with van der Waals surface area (Å²) in [5, 5.41) is 8.88. The van der Waals surface area contributed by atoms with Crippen LogP contribution in [0.1, 0.15) is 33.6 Å². The molecule has 0 aliphatic heterocycles. The molecule has 2 heteroatoms. The minimum Gasteiger partial charge on any atom is -0.198 e. The molecule has 0 N–H and O–H groups in total. The molecular formula is C9H16ClN. The SMILES string of the molecule is CCC(C#N)C(CC)C(C)Cl. The molecule has 0 amide bonds. The molecule has 1 nitrogen and oxygen atoms in total. The molecule has 0 saturated carbocycles. The average molecular weight is 174 g/mol. The van der Waals surface area contributed by atoms with Crippen molar-refractivity contribution in [3.8, 4) is 6.07 Å². The Morgan fingerprint density at radius 2 is 1.91 bits per heavy atom. The molecule has 0 spiro atoms. The zero-order chi connectivity index (χ0) is 8.85. The van der Waals surface area contributed by atoms with Gasteiger partial charge in [-0.25, -0.2) is 0 Å². The fourth-order valence-electron chi connectivity index (χ4n) is 1.42. The lowest BCUT2D eigenvalue weighted by atomic mass is 9.87. The Balaban J connectivity index is 4.12. The fraction of sp³-hybridized carbons (Fsp3) is 0.889. The van der Waals surface area contributed by atoms with Crippen LogP contribution in [0, 0.1) is 23.2 Å². The molecule has 0 heterocycles. The molecule has 0 bridgehead atoms. The zero-order valence-electron chi connectivity index (χ0n) is 7.47. The minimum atomic E-state index is 0.115. The summed E-state index contributed by atoms with van der Waals surface area (Å²) < 4.78 is 0. The van der Waals surface area contributed by atoms with Crippen LogP contribution < -0.4 is 0 Å². The zero-order valence-corrected chi connectivity index (χ0v) is 8.23. The number of nitrogens with zero attached hydrogens (tertiary/aromatic N) is 1. The second kappa shape index (κ2) is 5.43. The van der Waals surface area contributed by atoms with Gasteiger partial charge >= 0.3 is 0 Å². The third-order valence-corrected chi connectivity index (χ3v) is 2.51. The van der Waals surface area contributed by atoms with E-state index in [4.69, 9.17) is 16.9 Å². The molecule has 3 unspecified atom stereocenters. The van der Waals surface area contributed by atoms with Crippen LogP contribution >= 0.6 is 11.6 Å². The molecule has 0 fully saturated rings. The largest absolute Gasteiger partial charge is 0.198 e. The summed E-state index contributed by atoms with van der Waals surface area (Å²) in [5.41, 5.74) is 0. The van der Waals surface area contributed by atoms with E-state index < -0.39 is 0 Å². The number of halogens is 1. The van der Waals surface area contributed by atoms with Gasteiger partial charge in [0, 0.05) is 5.38 Å². The summed E-state index contributed by atoms with van der Waals surface area (Å²) >= 11 is 5.95. The molecule has 0 radical (unpaired) electrons. The van der Waals surface area contributed by atoms with Crippen molar-refractivity contribution in [3.63, 3.8) is 0 Å². The van der Waals surface area contributed by atoms with Gasteiger partial charge in [-0.3, -0.25) is 0 Å². The maximum atomic E-state index is 8.77. The van der Waals surface area contributed by atoms with Gasteiger partial charge in [0.25, 0.3) is 0 Å². The van der Waals surface area contributed by atoms with Crippen LogP contribution in [0.4, 0.5) is 0 Å². The van der Waals surface area contributed by atoms with Crippen molar-refractivity contribution in [1.29, 1.82) is 5.26 Å². The van der Waals surface area contributed by atoms with Gasteiger partial charge in [-0.1, -0.05) is 20.3 Å². The van der Waals surface area contributed by atoms with Gasteiger partial charge < -0.3 is 0 Å². The molecule has 0 aromatic carbocycles. The first kappa shape index (κ1) is 10.8. The second-order valence-electron chi connectivity index (χ2n) is 2.89.